The van der Waals surface area contributed by atoms with Gasteiger partial charge in [-0.1, -0.05) is 6.07 Å². The minimum atomic E-state index is -0.653. The van der Waals surface area contributed by atoms with Crippen molar-refractivity contribution in [3.63, 3.8) is 0 Å². The predicted octanol–water partition coefficient (Wildman–Crippen LogP) is 4.63. The fourth-order valence-electron chi connectivity index (χ4n) is 6.14. The number of imidazole rings is 1. The Balaban J connectivity index is 1.41. The van der Waals surface area contributed by atoms with Gasteiger partial charge in [0.25, 0.3) is 5.91 Å². The number of anilines is 1. The van der Waals surface area contributed by atoms with Crippen LogP contribution in [0.2, 0.25) is 0 Å². The molecule has 0 bridgehead atoms. The van der Waals surface area contributed by atoms with Crippen molar-refractivity contribution in [2.45, 2.75) is 70.6 Å². The van der Waals surface area contributed by atoms with Crippen LogP contribution >= 0.6 is 0 Å². The summed E-state index contributed by atoms with van der Waals surface area (Å²) in [6.07, 6.45) is 4.83. The van der Waals surface area contributed by atoms with Crippen molar-refractivity contribution >= 4 is 28.8 Å². The number of hydrogen-bond donors (Lipinski definition) is 3. The summed E-state index contributed by atoms with van der Waals surface area (Å²) in [5.41, 5.74) is 8.15. The van der Waals surface area contributed by atoms with E-state index in [0.29, 0.717) is 30.3 Å². The Bertz CT molecular complexity index is 1330. The number of primary amides is 1. The Morgan fingerprint density at radius 1 is 1.05 bits per heavy atom. The van der Waals surface area contributed by atoms with E-state index in [0.717, 1.165) is 61.9 Å². The van der Waals surface area contributed by atoms with Crippen LogP contribution in [0.4, 0.5) is 10.3 Å². The van der Waals surface area contributed by atoms with E-state index in [1.807, 2.05) is 19.9 Å². The normalized spacial score (nSPS) is 21.2. The molecule has 2 amide bonds. The van der Waals surface area contributed by atoms with Gasteiger partial charge in [-0.15, -0.1) is 0 Å². The summed E-state index contributed by atoms with van der Waals surface area (Å²) in [5, 5.41) is 13.3. The molecule has 5 rings (SSSR count). The zero-order chi connectivity index (χ0) is 27.7. The lowest BCUT2D eigenvalue weighted by Crippen LogP contribution is -2.41. The van der Waals surface area contributed by atoms with E-state index in [-0.39, 0.29) is 23.8 Å². The van der Waals surface area contributed by atoms with E-state index in [2.05, 4.69) is 26.9 Å². The number of amides is 2. The molecule has 9 heteroatoms. The molecule has 0 radical (unpaired) electrons. The molecule has 0 spiro atoms. The van der Waals surface area contributed by atoms with E-state index in [1.54, 1.807) is 0 Å². The van der Waals surface area contributed by atoms with Gasteiger partial charge in [-0.3, -0.25) is 19.8 Å². The molecule has 39 heavy (non-hydrogen) atoms. The van der Waals surface area contributed by atoms with Gasteiger partial charge in [0.2, 0.25) is 11.9 Å². The molecule has 1 aliphatic heterocycles. The second kappa shape index (κ2) is 11.1. The summed E-state index contributed by atoms with van der Waals surface area (Å²) in [6.45, 7) is 6.45. The van der Waals surface area contributed by atoms with Gasteiger partial charge >= 0.3 is 0 Å². The summed E-state index contributed by atoms with van der Waals surface area (Å²) < 4.78 is 15.5. The summed E-state index contributed by atoms with van der Waals surface area (Å²) in [7, 11) is 0. The molecule has 1 saturated carbocycles. The van der Waals surface area contributed by atoms with Crippen molar-refractivity contribution in [2.75, 3.05) is 18.4 Å². The number of aromatic nitrogens is 2. The molecule has 1 aromatic heterocycles. The summed E-state index contributed by atoms with van der Waals surface area (Å²) >= 11 is 0. The second-order valence-corrected chi connectivity index (χ2v) is 11.7. The number of likely N-dealkylation sites (tertiary alicyclic amines) is 1. The maximum atomic E-state index is 13.4. The van der Waals surface area contributed by atoms with Gasteiger partial charge < -0.3 is 15.4 Å². The van der Waals surface area contributed by atoms with Crippen LogP contribution in [-0.2, 0) is 11.3 Å². The quantitative estimate of drug-likeness (QED) is 0.408. The number of carbonyl (C=O) groups is 2. The van der Waals surface area contributed by atoms with Gasteiger partial charge in [-0.05, 0) is 113 Å². The highest BCUT2D eigenvalue weighted by molar-refractivity contribution is 6.04. The van der Waals surface area contributed by atoms with Crippen molar-refractivity contribution in [1.29, 1.82) is 0 Å². The van der Waals surface area contributed by atoms with Crippen molar-refractivity contribution in [3.8, 4) is 0 Å². The molecule has 8 nitrogen and oxygen atoms in total. The number of rotatable bonds is 7. The molecular weight excluding hydrogens is 497 g/mol. The van der Waals surface area contributed by atoms with E-state index >= 15 is 0 Å². The molecule has 208 valence electrons. The first-order chi connectivity index (χ1) is 18.6. The Morgan fingerprint density at radius 2 is 1.72 bits per heavy atom. The van der Waals surface area contributed by atoms with Crippen LogP contribution in [0.25, 0.3) is 11.0 Å². The minimum absolute atomic E-state index is 0.0619. The van der Waals surface area contributed by atoms with Crippen molar-refractivity contribution in [2.24, 2.45) is 17.6 Å². The number of halogens is 1. The number of hydrogen-bond acceptors (Lipinski definition) is 5. The van der Waals surface area contributed by atoms with Gasteiger partial charge in [-0.25, -0.2) is 9.37 Å². The zero-order valence-electron chi connectivity index (χ0n) is 22.7. The molecule has 2 aliphatic rings. The number of nitrogens with one attached hydrogen (secondary N) is 1. The van der Waals surface area contributed by atoms with Crippen molar-refractivity contribution < 1.29 is 19.1 Å². The van der Waals surface area contributed by atoms with Crippen LogP contribution in [0.1, 0.15) is 74.3 Å². The highest BCUT2D eigenvalue weighted by Crippen LogP contribution is 2.37. The molecule has 0 atom stereocenters. The first-order valence-electron chi connectivity index (χ1n) is 13.9. The standard InChI is InChI=1S/C30H38FN5O3/c1-30(2,39)22-13-15-35(16-14-22)18-19-3-12-25-26(17-19)36(24-10-6-20(7-11-24)27(32)37)29(33-25)34-28(38)21-4-8-23(31)9-5-21/h3-5,8-9,12,17,20,22,24,39H,6-7,10-11,13-16,18H2,1-2H3,(H2,32,37)(H,33,34,38). The number of nitrogens with zero attached hydrogens (tertiary/aromatic N) is 3. The SMILES string of the molecule is CC(C)(O)C1CCN(Cc2ccc3nc(NC(=O)c4ccc(F)cc4)n(C4CCC(C(N)=O)CC4)c3c2)CC1. The van der Waals surface area contributed by atoms with E-state index < -0.39 is 11.4 Å². The van der Waals surface area contributed by atoms with Crippen LogP contribution in [0.5, 0.6) is 0 Å². The zero-order valence-corrected chi connectivity index (χ0v) is 22.7. The topological polar surface area (TPSA) is 113 Å². The average molecular weight is 536 g/mol. The van der Waals surface area contributed by atoms with E-state index in [9.17, 15) is 19.1 Å². The Kier molecular flexibility index (Phi) is 7.73. The second-order valence-electron chi connectivity index (χ2n) is 11.7. The number of aliphatic hydroxyl groups is 1. The lowest BCUT2D eigenvalue weighted by Gasteiger charge is -2.37. The molecule has 4 N–H and O–H groups in total. The summed E-state index contributed by atoms with van der Waals surface area (Å²) in [6, 6.07) is 11.7. The maximum absolute atomic E-state index is 13.4. The van der Waals surface area contributed by atoms with Crippen LogP contribution in [0, 0.1) is 17.7 Å². The van der Waals surface area contributed by atoms with Gasteiger partial charge in [0.1, 0.15) is 5.82 Å². The first-order valence-corrected chi connectivity index (χ1v) is 13.9. The predicted molar refractivity (Wildman–Crippen MR) is 149 cm³/mol. The number of piperidine rings is 1. The lowest BCUT2D eigenvalue weighted by atomic mass is 9.83. The minimum Gasteiger partial charge on any atom is -0.390 e. The monoisotopic (exact) mass is 535 g/mol. The lowest BCUT2D eigenvalue weighted by molar-refractivity contribution is -0.122. The molecule has 1 aliphatic carbocycles. The van der Waals surface area contributed by atoms with Gasteiger partial charge in [0.15, 0.2) is 0 Å². The number of fused-ring (bicyclic) bond motifs is 1. The van der Waals surface area contributed by atoms with Gasteiger partial charge in [0.05, 0.1) is 16.6 Å². The maximum Gasteiger partial charge on any atom is 0.257 e. The number of carbonyl (C=O) groups excluding carboxylic acids is 2. The van der Waals surface area contributed by atoms with E-state index in [1.165, 1.54) is 24.3 Å². The Labute approximate surface area is 228 Å². The summed E-state index contributed by atoms with van der Waals surface area (Å²) in [5.74, 6) is -0.389. The number of nitrogens with two attached hydrogens (primary N) is 1. The van der Waals surface area contributed by atoms with Crippen LogP contribution in [0.15, 0.2) is 42.5 Å². The van der Waals surface area contributed by atoms with Crippen LogP contribution < -0.4 is 11.1 Å². The molecule has 2 fully saturated rings. The summed E-state index contributed by atoms with van der Waals surface area (Å²) in [4.78, 5) is 32.0. The van der Waals surface area contributed by atoms with Crippen LogP contribution in [0.3, 0.4) is 0 Å². The first kappa shape index (κ1) is 27.3. The van der Waals surface area contributed by atoms with Crippen LogP contribution in [-0.4, -0.2) is 50.1 Å². The molecule has 2 heterocycles. The average Bonchev–Trinajstić information content (AvgIpc) is 3.25. The van der Waals surface area contributed by atoms with Crippen molar-refractivity contribution in [1.82, 2.24) is 14.5 Å². The van der Waals surface area contributed by atoms with E-state index in [4.69, 9.17) is 10.7 Å². The van der Waals surface area contributed by atoms with Crippen molar-refractivity contribution in [3.05, 3.63) is 59.4 Å². The third-order valence-electron chi connectivity index (χ3n) is 8.54. The molecule has 2 aromatic carbocycles. The van der Waals surface area contributed by atoms with Gasteiger partial charge in [0, 0.05) is 24.1 Å². The highest BCUT2D eigenvalue weighted by atomic mass is 19.1. The Hall–Kier alpha value is -3.30. The largest absolute Gasteiger partial charge is 0.390 e. The number of benzene rings is 2. The third-order valence-corrected chi connectivity index (χ3v) is 8.54. The fraction of sp³-hybridized carbons (Fsp3) is 0.500. The molecule has 0 unspecified atom stereocenters. The Morgan fingerprint density at radius 3 is 2.33 bits per heavy atom. The van der Waals surface area contributed by atoms with Gasteiger partial charge in [-0.2, -0.15) is 0 Å². The molecule has 3 aromatic rings. The third kappa shape index (κ3) is 6.15. The fourth-order valence-corrected chi connectivity index (χ4v) is 6.14. The molecule has 1 saturated heterocycles. The molecular formula is C30H38FN5O3. The highest BCUT2D eigenvalue weighted by Gasteiger charge is 2.31. The smallest absolute Gasteiger partial charge is 0.257 e.